The third-order valence-corrected chi connectivity index (χ3v) is 4.88. The molecule has 0 spiro atoms. The van der Waals surface area contributed by atoms with Crippen LogP contribution >= 0.6 is 23.4 Å². The zero-order valence-electron chi connectivity index (χ0n) is 12.1. The lowest BCUT2D eigenvalue weighted by Gasteiger charge is -2.02. The van der Waals surface area contributed by atoms with E-state index in [0.29, 0.717) is 5.88 Å². The first kappa shape index (κ1) is 14.5. The zero-order chi connectivity index (χ0) is 14.8. The molecular formula is C15H17ClN4S. The summed E-state index contributed by atoms with van der Waals surface area (Å²) in [4.78, 5) is 4.42. The first-order valence-electron chi connectivity index (χ1n) is 6.88. The number of rotatable bonds is 5. The van der Waals surface area contributed by atoms with Crippen LogP contribution in [0.2, 0.25) is 0 Å². The van der Waals surface area contributed by atoms with Gasteiger partial charge in [0.15, 0.2) is 5.16 Å². The Bertz CT molecular complexity index is 762. The highest BCUT2D eigenvalue weighted by Gasteiger charge is 2.12. The van der Waals surface area contributed by atoms with Crippen LogP contribution < -0.4 is 0 Å². The van der Waals surface area contributed by atoms with Gasteiger partial charge in [0.2, 0.25) is 0 Å². The number of imidazole rings is 1. The molecule has 4 nitrogen and oxygen atoms in total. The van der Waals surface area contributed by atoms with E-state index in [2.05, 4.69) is 36.2 Å². The lowest BCUT2D eigenvalue weighted by molar-refractivity contribution is 0.675. The standard InChI is InChI=1S/C15H17ClN4S/c1-3-20-14-7-5-4-6-12(14)13(18-20)10-21-15-17-9-11(8-16)19(15)2/h4-7,9H,3,8,10H2,1-2H3. The van der Waals surface area contributed by atoms with Crippen molar-refractivity contribution >= 4 is 34.3 Å². The van der Waals surface area contributed by atoms with Crippen LogP contribution in [0.4, 0.5) is 0 Å². The number of thioether (sulfide) groups is 1. The van der Waals surface area contributed by atoms with Crippen molar-refractivity contribution in [3.8, 4) is 0 Å². The number of hydrogen-bond donors (Lipinski definition) is 0. The molecule has 0 saturated heterocycles. The van der Waals surface area contributed by atoms with Crippen molar-refractivity contribution in [3.05, 3.63) is 41.9 Å². The highest BCUT2D eigenvalue weighted by atomic mass is 35.5. The molecule has 3 aromatic rings. The summed E-state index contributed by atoms with van der Waals surface area (Å²) in [7, 11) is 2.00. The molecule has 0 unspecified atom stereocenters. The SMILES string of the molecule is CCn1nc(CSc2ncc(CCl)n2C)c2ccccc21. The maximum absolute atomic E-state index is 5.88. The Balaban J connectivity index is 1.86. The van der Waals surface area contributed by atoms with Crippen LogP contribution in [0.5, 0.6) is 0 Å². The largest absolute Gasteiger partial charge is 0.325 e. The van der Waals surface area contributed by atoms with Gasteiger partial charge in [-0.15, -0.1) is 11.6 Å². The number of para-hydroxylation sites is 1. The molecule has 0 bridgehead atoms. The summed E-state index contributed by atoms with van der Waals surface area (Å²) in [5.74, 6) is 1.29. The lowest BCUT2D eigenvalue weighted by atomic mass is 10.2. The number of fused-ring (bicyclic) bond motifs is 1. The van der Waals surface area contributed by atoms with Crippen LogP contribution in [0.15, 0.2) is 35.6 Å². The summed E-state index contributed by atoms with van der Waals surface area (Å²) in [5, 5.41) is 6.91. The molecule has 0 amide bonds. The number of nitrogens with zero attached hydrogens (tertiary/aromatic N) is 4. The number of benzene rings is 1. The van der Waals surface area contributed by atoms with Crippen molar-refractivity contribution in [2.24, 2.45) is 7.05 Å². The highest BCUT2D eigenvalue weighted by molar-refractivity contribution is 7.98. The smallest absolute Gasteiger partial charge is 0.168 e. The second-order valence-electron chi connectivity index (χ2n) is 4.79. The van der Waals surface area contributed by atoms with Crippen LogP contribution in [0.1, 0.15) is 18.3 Å². The van der Waals surface area contributed by atoms with Crippen LogP contribution in [0.3, 0.4) is 0 Å². The summed E-state index contributed by atoms with van der Waals surface area (Å²) in [5.41, 5.74) is 3.33. The van der Waals surface area contributed by atoms with E-state index in [9.17, 15) is 0 Å². The summed E-state index contributed by atoms with van der Waals surface area (Å²) in [6.07, 6.45) is 1.83. The van der Waals surface area contributed by atoms with Gasteiger partial charge in [0, 0.05) is 24.7 Å². The topological polar surface area (TPSA) is 35.6 Å². The fraction of sp³-hybridized carbons (Fsp3) is 0.333. The Kier molecular flexibility index (Phi) is 4.22. The second kappa shape index (κ2) is 6.12. The predicted octanol–water partition coefficient (Wildman–Crippen LogP) is 3.82. The molecule has 21 heavy (non-hydrogen) atoms. The third-order valence-electron chi connectivity index (χ3n) is 3.55. The molecule has 0 radical (unpaired) electrons. The second-order valence-corrected chi connectivity index (χ2v) is 6.00. The number of hydrogen-bond acceptors (Lipinski definition) is 3. The lowest BCUT2D eigenvalue weighted by Crippen LogP contribution is -1.97. The number of aryl methyl sites for hydroxylation is 1. The fourth-order valence-corrected chi connectivity index (χ4v) is 3.53. The Labute approximate surface area is 133 Å². The highest BCUT2D eigenvalue weighted by Crippen LogP contribution is 2.26. The van der Waals surface area contributed by atoms with Crippen LogP contribution in [0, 0.1) is 0 Å². The Morgan fingerprint density at radius 3 is 2.81 bits per heavy atom. The molecule has 0 aliphatic heterocycles. The first-order chi connectivity index (χ1) is 10.2. The molecular weight excluding hydrogens is 304 g/mol. The van der Waals surface area contributed by atoms with E-state index in [-0.39, 0.29) is 0 Å². The van der Waals surface area contributed by atoms with Crippen LogP contribution in [-0.2, 0) is 25.2 Å². The van der Waals surface area contributed by atoms with Gasteiger partial charge in [0.25, 0.3) is 0 Å². The maximum Gasteiger partial charge on any atom is 0.168 e. The molecule has 110 valence electrons. The molecule has 0 saturated carbocycles. The van der Waals surface area contributed by atoms with Crippen molar-refractivity contribution in [1.82, 2.24) is 19.3 Å². The van der Waals surface area contributed by atoms with Gasteiger partial charge >= 0.3 is 0 Å². The van der Waals surface area contributed by atoms with E-state index in [0.717, 1.165) is 28.8 Å². The minimum atomic E-state index is 0.484. The van der Waals surface area contributed by atoms with Gasteiger partial charge in [-0.3, -0.25) is 4.68 Å². The average Bonchev–Trinajstić information content (AvgIpc) is 3.06. The summed E-state index contributed by atoms with van der Waals surface area (Å²) >= 11 is 7.57. The van der Waals surface area contributed by atoms with Gasteiger partial charge in [0.1, 0.15) is 0 Å². The third kappa shape index (κ3) is 2.68. The van der Waals surface area contributed by atoms with E-state index < -0.39 is 0 Å². The Morgan fingerprint density at radius 2 is 2.10 bits per heavy atom. The van der Waals surface area contributed by atoms with E-state index in [1.807, 2.05) is 22.5 Å². The van der Waals surface area contributed by atoms with Gasteiger partial charge in [-0.2, -0.15) is 5.10 Å². The molecule has 0 aliphatic carbocycles. The van der Waals surface area contributed by atoms with Gasteiger partial charge in [-0.25, -0.2) is 4.98 Å². The number of halogens is 1. The summed E-state index contributed by atoms with van der Waals surface area (Å²) in [6, 6.07) is 8.36. The zero-order valence-corrected chi connectivity index (χ0v) is 13.7. The average molecular weight is 321 g/mol. The molecule has 0 aliphatic rings. The quantitative estimate of drug-likeness (QED) is 0.529. The van der Waals surface area contributed by atoms with E-state index in [1.54, 1.807) is 11.8 Å². The number of alkyl halides is 1. The van der Waals surface area contributed by atoms with Crippen LogP contribution in [-0.4, -0.2) is 19.3 Å². The van der Waals surface area contributed by atoms with Crippen molar-refractivity contribution in [2.75, 3.05) is 0 Å². The van der Waals surface area contributed by atoms with E-state index >= 15 is 0 Å². The molecule has 1 aromatic carbocycles. The fourth-order valence-electron chi connectivity index (χ4n) is 2.36. The van der Waals surface area contributed by atoms with Gasteiger partial charge < -0.3 is 4.57 Å². The molecule has 0 fully saturated rings. The van der Waals surface area contributed by atoms with Crippen LogP contribution in [0.25, 0.3) is 10.9 Å². The monoisotopic (exact) mass is 320 g/mol. The Hall–Kier alpha value is -1.46. The van der Waals surface area contributed by atoms with Crippen molar-refractivity contribution < 1.29 is 0 Å². The summed E-state index contributed by atoms with van der Waals surface area (Å²) < 4.78 is 4.09. The number of aromatic nitrogens is 4. The van der Waals surface area contributed by atoms with Gasteiger partial charge in [0.05, 0.1) is 29.0 Å². The molecule has 0 N–H and O–H groups in total. The predicted molar refractivity (Wildman–Crippen MR) is 87.7 cm³/mol. The molecule has 2 heterocycles. The Morgan fingerprint density at radius 1 is 1.29 bits per heavy atom. The molecule has 0 atom stereocenters. The minimum absolute atomic E-state index is 0.484. The summed E-state index contributed by atoms with van der Waals surface area (Å²) in [6.45, 7) is 2.99. The van der Waals surface area contributed by atoms with Gasteiger partial charge in [-0.1, -0.05) is 30.0 Å². The van der Waals surface area contributed by atoms with Crippen molar-refractivity contribution in [1.29, 1.82) is 0 Å². The minimum Gasteiger partial charge on any atom is -0.325 e. The maximum atomic E-state index is 5.88. The van der Waals surface area contributed by atoms with Gasteiger partial charge in [-0.05, 0) is 13.0 Å². The van der Waals surface area contributed by atoms with E-state index in [1.165, 1.54) is 10.9 Å². The van der Waals surface area contributed by atoms with Crippen molar-refractivity contribution in [2.45, 2.75) is 30.3 Å². The van der Waals surface area contributed by atoms with E-state index in [4.69, 9.17) is 16.7 Å². The normalized spacial score (nSPS) is 11.4. The van der Waals surface area contributed by atoms with Crippen molar-refractivity contribution in [3.63, 3.8) is 0 Å². The molecule has 3 rings (SSSR count). The molecule has 2 aromatic heterocycles. The first-order valence-corrected chi connectivity index (χ1v) is 8.40. The molecule has 6 heteroatoms.